The molecule has 146 valence electrons. The molecule has 0 radical (unpaired) electrons. The van der Waals surface area contributed by atoms with Crippen molar-refractivity contribution < 1.29 is 22.7 Å². The third-order valence-corrected chi connectivity index (χ3v) is 4.58. The molecule has 9 heteroatoms. The number of hydrogen-bond donors (Lipinski definition) is 1. The fourth-order valence-electron chi connectivity index (χ4n) is 2.09. The number of rotatable bonds is 7. The molecule has 0 saturated carbocycles. The zero-order valence-corrected chi connectivity index (χ0v) is 15.9. The Morgan fingerprint density at radius 1 is 1.26 bits per heavy atom. The molecule has 5 nitrogen and oxygen atoms in total. The van der Waals surface area contributed by atoms with Crippen LogP contribution in [0.15, 0.2) is 35.5 Å². The third kappa shape index (κ3) is 6.13. The Bertz CT molecular complexity index is 782. The zero-order valence-electron chi connectivity index (χ0n) is 15.1. The van der Waals surface area contributed by atoms with Crippen LogP contribution >= 0.6 is 11.8 Å². The minimum absolute atomic E-state index is 0.00427. The number of amides is 1. The highest BCUT2D eigenvalue weighted by Crippen LogP contribution is 2.32. The van der Waals surface area contributed by atoms with Crippen LogP contribution in [0.1, 0.15) is 26.0 Å². The van der Waals surface area contributed by atoms with Crippen molar-refractivity contribution >= 4 is 17.7 Å². The Balaban J connectivity index is 2.27. The third-order valence-electron chi connectivity index (χ3n) is 3.73. The Morgan fingerprint density at radius 2 is 1.93 bits per heavy atom. The molecule has 0 fully saturated rings. The van der Waals surface area contributed by atoms with Crippen LogP contribution in [0.3, 0.4) is 0 Å². The molecule has 1 aromatic heterocycles. The Morgan fingerprint density at radius 3 is 2.48 bits per heavy atom. The molecule has 2 rings (SSSR count). The summed E-state index contributed by atoms with van der Waals surface area (Å²) < 4.78 is 44.7. The number of nitrogens with zero attached hydrogens (tertiary/aromatic N) is 2. The van der Waals surface area contributed by atoms with Gasteiger partial charge in [0, 0.05) is 11.6 Å². The molecule has 1 amide bonds. The van der Waals surface area contributed by atoms with Gasteiger partial charge in [-0.3, -0.25) is 4.79 Å². The van der Waals surface area contributed by atoms with Crippen LogP contribution in [0.25, 0.3) is 11.3 Å². The van der Waals surface area contributed by atoms with Gasteiger partial charge in [0.2, 0.25) is 5.91 Å². The number of carbonyl (C=O) groups excluding carboxylic acids is 1. The second kappa shape index (κ2) is 9.07. The van der Waals surface area contributed by atoms with Crippen molar-refractivity contribution in [2.75, 3.05) is 12.9 Å². The van der Waals surface area contributed by atoms with E-state index >= 15 is 0 Å². The maximum absolute atomic E-state index is 13.2. The summed E-state index contributed by atoms with van der Waals surface area (Å²) in [6.45, 7) is 3.78. The van der Waals surface area contributed by atoms with Gasteiger partial charge in [-0.05, 0) is 43.7 Å². The Hall–Kier alpha value is -2.29. The number of alkyl halides is 3. The highest BCUT2D eigenvalue weighted by atomic mass is 32.2. The Kier molecular flexibility index (Phi) is 7.06. The highest BCUT2D eigenvalue weighted by molar-refractivity contribution is 7.99. The summed E-state index contributed by atoms with van der Waals surface area (Å²) in [5.41, 5.74) is -0.424. The largest absolute Gasteiger partial charge is 0.497 e. The van der Waals surface area contributed by atoms with Gasteiger partial charge in [-0.1, -0.05) is 18.7 Å². The highest BCUT2D eigenvalue weighted by Gasteiger charge is 2.34. The lowest BCUT2D eigenvalue weighted by molar-refractivity contribution is -0.141. The van der Waals surface area contributed by atoms with E-state index in [-0.39, 0.29) is 28.6 Å². The van der Waals surface area contributed by atoms with Gasteiger partial charge in [0.05, 0.1) is 18.6 Å². The quantitative estimate of drug-likeness (QED) is 0.559. The fourth-order valence-corrected chi connectivity index (χ4v) is 2.76. The molecule has 0 unspecified atom stereocenters. The lowest BCUT2D eigenvalue weighted by atomic mass is 10.1. The van der Waals surface area contributed by atoms with E-state index in [1.54, 1.807) is 24.3 Å². The van der Waals surface area contributed by atoms with Gasteiger partial charge < -0.3 is 10.1 Å². The minimum Gasteiger partial charge on any atom is -0.497 e. The second-order valence-electron chi connectivity index (χ2n) is 5.81. The number of nitrogens with one attached hydrogen (secondary N) is 1. The maximum Gasteiger partial charge on any atom is 0.433 e. The molecule has 1 N–H and O–H groups in total. The van der Waals surface area contributed by atoms with E-state index in [1.165, 1.54) is 7.11 Å². The van der Waals surface area contributed by atoms with Crippen LogP contribution in [0.2, 0.25) is 0 Å². The van der Waals surface area contributed by atoms with E-state index in [4.69, 9.17) is 4.74 Å². The number of hydrogen-bond acceptors (Lipinski definition) is 5. The van der Waals surface area contributed by atoms with Gasteiger partial charge in [-0.15, -0.1) is 0 Å². The number of aromatic nitrogens is 2. The molecule has 0 aliphatic rings. The lowest BCUT2D eigenvalue weighted by Crippen LogP contribution is -2.33. The SMILES string of the molecule is CC[C@@H](C)NC(=O)CSc1nc(-c2ccc(OC)cc2)cc(C(F)(F)F)n1. The first-order valence-electron chi connectivity index (χ1n) is 8.25. The van der Waals surface area contributed by atoms with Gasteiger partial charge in [-0.2, -0.15) is 13.2 Å². The molecule has 1 aromatic carbocycles. The number of methoxy groups -OCH3 is 1. The summed E-state index contributed by atoms with van der Waals surface area (Å²) in [6.07, 6.45) is -3.85. The van der Waals surface area contributed by atoms with Crippen LogP contribution < -0.4 is 10.1 Å². The molecule has 1 atom stereocenters. The van der Waals surface area contributed by atoms with E-state index < -0.39 is 11.9 Å². The molecular formula is C18H20F3N3O2S. The number of halogens is 3. The standard InChI is InChI=1S/C18H20F3N3O2S/c1-4-11(2)22-16(25)10-27-17-23-14(9-15(24-17)18(19,20)21)12-5-7-13(26-3)8-6-12/h5-9,11H,4,10H2,1-3H3,(H,22,25)/t11-/m1/s1. The lowest BCUT2D eigenvalue weighted by Gasteiger charge is -2.12. The maximum atomic E-state index is 13.2. The van der Waals surface area contributed by atoms with Gasteiger partial charge in [0.15, 0.2) is 5.16 Å². The number of ether oxygens (including phenoxy) is 1. The summed E-state index contributed by atoms with van der Waals surface area (Å²) in [4.78, 5) is 19.6. The first-order chi connectivity index (χ1) is 12.7. The van der Waals surface area contributed by atoms with Crippen LogP contribution in [0, 0.1) is 0 Å². The average molecular weight is 399 g/mol. The van der Waals surface area contributed by atoms with E-state index in [0.29, 0.717) is 11.3 Å². The zero-order chi connectivity index (χ0) is 20.0. The monoisotopic (exact) mass is 399 g/mol. The predicted octanol–water partition coefficient (Wildman–Crippen LogP) is 4.18. The summed E-state index contributed by atoms with van der Waals surface area (Å²) in [7, 11) is 1.50. The summed E-state index contributed by atoms with van der Waals surface area (Å²) in [5.74, 6) is 0.245. The summed E-state index contributed by atoms with van der Waals surface area (Å²) >= 11 is 0.869. The normalized spacial score (nSPS) is 12.5. The van der Waals surface area contributed by atoms with Crippen LogP contribution in [-0.2, 0) is 11.0 Å². The van der Waals surface area contributed by atoms with Crippen LogP contribution in [-0.4, -0.2) is 34.8 Å². The van der Waals surface area contributed by atoms with Gasteiger partial charge >= 0.3 is 6.18 Å². The first kappa shape index (κ1) is 21.0. The van der Waals surface area contributed by atoms with Crippen molar-refractivity contribution in [2.45, 2.75) is 37.6 Å². The Labute approximate surface area is 159 Å². The molecule has 0 aliphatic carbocycles. The summed E-state index contributed by atoms with van der Waals surface area (Å²) in [5, 5.41) is 2.65. The van der Waals surface area contributed by atoms with E-state index in [2.05, 4.69) is 15.3 Å². The smallest absolute Gasteiger partial charge is 0.433 e. The van der Waals surface area contributed by atoms with E-state index in [0.717, 1.165) is 24.2 Å². The van der Waals surface area contributed by atoms with Crippen molar-refractivity contribution in [2.24, 2.45) is 0 Å². The fraction of sp³-hybridized carbons (Fsp3) is 0.389. The van der Waals surface area contributed by atoms with Crippen molar-refractivity contribution in [3.8, 4) is 17.0 Å². The molecule has 27 heavy (non-hydrogen) atoms. The molecule has 0 saturated heterocycles. The predicted molar refractivity (Wildman–Crippen MR) is 97.6 cm³/mol. The minimum atomic E-state index is -4.61. The molecule has 0 spiro atoms. The van der Waals surface area contributed by atoms with Gasteiger partial charge in [0.25, 0.3) is 0 Å². The number of thioether (sulfide) groups is 1. The van der Waals surface area contributed by atoms with Crippen molar-refractivity contribution in [1.29, 1.82) is 0 Å². The van der Waals surface area contributed by atoms with Gasteiger partial charge in [0.1, 0.15) is 11.4 Å². The molecule has 0 aliphatic heterocycles. The molecule has 1 heterocycles. The van der Waals surface area contributed by atoms with Crippen LogP contribution in [0.4, 0.5) is 13.2 Å². The summed E-state index contributed by atoms with van der Waals surface area (Å²) in [6, 6.07) is 7.39. The first-order valence-corrected chi connectivity index (χ1v) is 9.24. The number of carbonyl (C=O) groups is 1. The molecule has 2 aromatic rings. The second-order valence-corrected chi connectivity index (χ2v) is 6.76. The topological polar surface area (TPSA) is 64.1 Å². The van der Waals surface area contributed by atoms with Gasteiger partial charge in [-0.25, -0.2) is 9.97 Å². The molecular weight excluding hydrogens is 379 g/mol. The van der Waals surface area contributed by atoms with Crippen molar-refractivity contribution in [3.63, 3.8) is 0 Å². The number of benzene rings is 1. The van der Waals surface area contributed by atoms with E-state index in [9.17, 15) is 18.0 Å². The van der Waals surface area contributed by atoms with Crippen molar-refractivity contribution in [1.82, 2.24) is 15.3 Å². The van der Waals surface area contributed by atoms with Crippen molar-refractivity contribution in [3.05, 3.63) is 36.0 Å². The molecule has 0 bridgehead atoms. The van der Waals surface area contributed by atoms with Crippen LogP contribution in [0.5, 0.6) is 5.75 Å². The van der Waals surface area contributed by atoms with E-state index in [1.807, 2.05) is 13.8 Å². The average Bonchev–Trinajstić information content (AvgIpc) is 2.65.